The lowest BCUT2D eigenvalue weighted by atomic mass is 9.98. The Balaban J connectivity index is 0.00000107. The molecule has 3 aromatic rings. The highest BCUT2D eigenvalue weighted by molar-refractivity contribution is 6.13. The summed E-state index contributed by atoms with van der Waals surface area (Å²) in [5.74, 6) is 0.978. The molecule has 2 aromatic heterocycles. The predicted molar refractivity (Wildman–Crippen MR) is 203 cm³/mol. The highest BCUT2D eigenvalue weighted by Crippen LogP contribution is 2.30. The van der Waals surface area contributed by atoms with Crippen molar-refractivity contribution in [3.05, 3.63) is 53.0 Å². The number of carbonyl (C=O) groups is 3. The zero-order valence-corrected chi connectivity index (χ0v) is 32.1. The lowest BCUT2D eigenvalue weighted by Gasteiger charge is -2.32. The Labute approximate surface area is 303 Å². The number of rotatable bonds is 13. The minimum Gasteiger partial charge on any atom is -0.396 e. The molecule has 1 atom stereocenters. The highest BCUT2D eigenvalue weighted by Gasteiger charge is 2.29. The molecule has 0 aliphatic carbocycles. The summed E-state index contributed by atoms with van der Waals surface area (Å²) in [5, 5.41) is 16.3. The summed E-state index contributed by atoms with van der Waals surface area (Å²) in [6, 6.07) is 3.48. The van der Waals surface area contributed by atoms with Gasteiger partial charge in [0.1, 0.15) is 12.1 Å². The summed E-state index contributed by atoms with van der Waals surface area (Å²) in [6.07, 6.45) is 8.83. The molecule has 0 radical (unpaired) electrons. The Morgan fingerprint density at radius 3 is 2.39 bits per heavy atom. The number of aliphatic hydroxyl groups is 1. The van der Waals surface area contributed by atoms with Gasteiger partial charge in [-0.3, -0.25) is 14.4 Å². The number of fused-ring (bicyclic) bond motifs is 1. The molecule has 1 saturated heterocycles. The van der Waals surface area contributed by atoms with Crippen molar-refractivity contribution in [3.8, 4) is 0 Å². The van der Waals surface area contributed by atoms with Crippen LogP contribution in [0.15, 0.2) is 30.6 Å². The van der Waals surface area contributed by atoms with Crippen LogP contribution in [0.2, 0.25) is 0 Å². The van der Waals surface area contributed by atoms with E-state index in [-0.39, 0.29) is 35.8 Å². The van der Waals surface area contributed by atoms with Gasteiger partial charge in [0.25, 0.3) is 5.91 Å². The molecule has 4 rings (SSSR count). The molecule has 280 valence electrons. The lowest BCUT2D eigenvalue weighted by Crippen LogP contribution is -2.40. The van der Waals surface area contributed by atoms with Crippen LogP contribution in [0.25, 0.3) is 11.0 Å². The third-order valence-electron chi connectivity index (χ3n) is 9.25. The zero-order valence-electron chi connectivity index (χ0n) is 32.1. The van der Waals surface area contributed by atoms with E-state index < -0.39 is 5.91 Å². The van der Waals surface area contributed by atoms with E-state index in [1.54, 1.807) is 35.8 Å². The van der Waals surface area contributed by atoms with Crippen LogP contribution < -0.4 is 11.1 Å². The number of aromatic nitrogens is 4. The van der Waals surface area contributed by atoms with E-state index in [1.807, 2.05) is 30.9 Å². The monoisotopic (exact) mass is 705 g/mol. The van der Waals surface area contributed by atoms with Gasteiger partial charge < -0.3 is 30.9 Å². The fourth-order valence-corrected chi connectivity index (χ4v) is 5.74. The summed E-state index contributed by atoms with van der Waals surface area (Å²) in [6.45, 7) is 15.6. The fourth-order valence-electron chi connectivity index (χ4n) is 5.74. The number of piperidine rings is 1. The number of carbonyl (C=O) groups excluding carboxylic acids is 3. The molecule has 51 heavy (non-hydrogen) atoms. The number of hydrogen-bond acceptors (Lipinski definition) is 9. The first kappa shape index (κ1) is 41.1. The zero-order chi connectivity index (χ0) is 37.8. The number of nitrogens with two attached hydrogens (primary N) is 1. The smallest absolute Gasteiger partial charge is 0.277 e. The van der Waals surface area contributed by atoms with Crippen LogP contribution in [0.5, 0.6) is 0 Å². The minimum absolute atomic E-state index is 0.00507. The Morgan fingerprint density at radius 1 is 1.06 bits per heavy atom. The summed E-state index contributed by atoms with van der Waals surface area (Å²) in [7, 11) is 5.52. The van der Waals surface area contributed by atoms with Gasteiger partial charge in [-0.15, -0.1) is 0 Å². The number of likely N-dealkylation sites (N-methyl/N-ethyl adjacent to an activating group) is 2. The van der Waals surface area contributed by atoms with Crippen molar-refractivity contribution in [2.75, 3.05) is 65.0 Å². The van der Waals surface area contributed by atoms with Crippen LogP contribution in [-0.2, 0) is 16.0 Å². The van der Waals surface area contributed by atoms with Crippen LogP contribution in [0.3, 0.4) is 0 Å². The van der Waals surface area contributed by atoms with E-state index in [4.69, 9.17) is 15.9 Å². The van der Waals surface area contributed by atoms with Crippen LogP contribution in [0, 0.1) is 25.7 Å². The van der Waals surface area contributed by atoms with E-state index >= 15 is 0 Å². The summed E-state index contributed by atoms with van der Waals surface area (Å²) >= 11 is 0. The third-order valence-corrected chi connectivity index (χ3v) is 9.25. The summed E-state index contributed by atoms with van der Waals surface area (Å²) in [5.41, 5.74) is 10.2. The molecule has 1 aliphatic heterocycles. The number of nitrogens with one attached hydrogen (secondary N) is 1. The van der Waals surface area contributed by atoms with E-state index in [2.05, 4.69) is 54.9 Å². The maximum Gasteiger partial charge on any atom is 0.277 e. The molecule has 1 unspecified atom stereocenters. The first-order valence-corrected chi connectivity index (χ1v) is 18.0. The second kappa shape index (κ2) is 19.3. The highest BCUT2D eigenvalue weighted by atomic mass is 16.3. The van der Waals surface area contributed by atoms with Crippen molar-refractivity contribution in [2.24, 2.45) is 11.8 Å². The number of aliphatic hydroxyl groups excluding tert-OH is 1. The molecule has 4 N–H and O–H groups in total. The first-order valence-electron chi connectivity index (χ1n) is 18.0. The quantitative estimate of drug-likeness (QED) is 0.215. The molecule has 0 saturated carbocycles. The SMILES string of the molecule is CC(C)CCO.Cc1c(CC(=O)N(C)C)ccc(NC(=O)c2nn(C3CCCN(C(=O)/C=C/CN(C)CCC(C)C)C3)c3ncnc(N)c23)c1C. The van der Waals surface area contributed by atoms with Gasteiger partial charge in [0.2, 0.25) is 11.8 Å². The average molecular weight is 706 g/mol. The lowest BCUT2D eigenvalue weighted by molar-refractivity contribution is -0.128. The molecule has 0 bridgehead atoms. The number of amides is 3. The van der Waals surface area contributed by atoms with Gasteiger partial charge in [-0.05, 0) is 87.7 Å². The molecule has 3 heterocycles. The molecular formula is C38H59N9O4. The molecule has 13 nitrogen and oxygen atoms in total. The van der Waals surface area contributed by atoms with E-state index in [1.165, 1.54) is 6.33 Å². The number of nitrogen functional groups attached to an aromatic ring is 1. The second-order valence-electron chi connectivity index (χ2n) is 14.5. The summed E-state index contributed by atoms with van der Waals surface area (Å²) in [4.78, 5) is 53.2. The summed E-state index contributed by atoms with van der Waals surface area (Å²) < 4.78 is 1.72. The first-order chi connectivity index (χ1) is 24.1. The third kappa shape index (κ3) is 11.6. The largest absolute Gasteiger partial charge is 0.396 e. The maximum absolute atomic E-state index is 13.7. The van der Waals surface area contributed by atoms with Gasteiger partial charge in [0, 0.05) is 52.1 Å². The van der Waals surface area contributed by atoms with Gasteiger partial charge in [0.15, 0.2) is 11.3 Å². The molecular weight excluding hydrogens is 646 g/mol. The van der Waals surface area contributed by atoms with Crippen LogP contribution in [0.1, 0.15) is 86.6 Å². The van der Waals surface area contributed by atoms with Crippen molar-refractivity contribution in [1.82, 2.24) is 34.4 Å². The molecule has 1 fully saturated rings. The Bertz CT molecular complexity index is 1660. The Hall–Kier alpha value is -4.36. The topological polar surface area (TPSA) is 163 Å². The predicted octanol–water partition coefficient (Wildman–Crippen LogP) is 4.63. The number of likely N-dealkylation sites (tertiary alicyclic amines) is 1. The van der Waals surface area contributed by atoms with Gasteiger partial charge in [-0.25, -0.2) is 14.6 Å². The van der Waals surface area contributed by atoms with E-state index in [0.29, 0.717) is 54.8 Å². The molecule has 0 spiro atoms. The Morgan fingerprint density at radius 2 is 1.76 bits per heavy atom. The van der Waals surface area contributed by atoms with Gasteiger partial charge in [0.05, 0.1) is 17.8 Å². The number of nitrogens with zero attached hydrogens (tertiary/aromatic N) is 7. The van der Waals surface area contributed by atoms with Gasteiger partial charge in [-0.1, -0.05) is 39.8 Å². The van der Waals surface area contributed by atoms with E-state index in [0.717, 1.165) is 48.9 Å². The van der Waals surface area contributed by atoms with Crippen molar-refractivity contribution < 1.29 is 19.5 Å². The van der Waals surface area contributed by atoms with Crippen LogP contribution in [-0.4, -0.2) is 111 Å². The van der Waals surface area contributed by atoms with Gasteiger partial charge in [-0.2, -0.15) is 5.10 Å². The number of benzene rings is 1. The molecule has 1 aromatic carbocycles. The average Bonchev–Trinajstić information content (AvgIpc) is 3.48. The standard InChI is InChI=1S/C33H47N9O3.C5H12O/c1-21(2)14-17-40(7)15-9-11-27(43)41-16-8-10-25(19-41)42-32-29(31(34)35-20-36-32)30(38-42)33(45)37-26-13-12-24(22(3)23(26)4)18-28(44)39(5)6;1-5(2)3-4-6/h9,11-13,20-21,25H,8,10,14-19H2,1-7H3,(H,37,45)(H2,34,35,36);5-6H,3-4H2,1-2H3/b11-9+;. The van der Waals surface area contributed by atoms with Crippen LogP contribution in [0.4, 0.5) is 11.5 Å². The minimum atomic E-state index is -0.437. The van der Waals surface area contributed by atoms with Crippen molar-refractivity contribution in [1.29, 1.82) is 0 Å². The van der Waals surface area contributed by atoms with Crippen molar-refractivity contribution >= 4 is 40.3 Å². The molecule has 3 amide bonds. The van der Waals surface area contributed by atoms with Crippen molar-refractivity contribution in [3.63, 3.8) is 0 Å². The molecule has 1 aliphatic rings. The number of hydrogen-bond donors (Lipinski definition) is 3. The number of anilines is 2. The molecule has 13 heteroatoms. The van der Waals surface area contributed by atoms with Crippen molar-refractivity contribution in [2.45, 2.75) is 79.7 Å². The maximum atomic E-state index is 13.7. The second-order valence-corrected chi connectivity index (χ2v) is 14.5. The fraction of sp³-hybridized carbons (Fsp3) is 0.579. The van der Waals surface area contributed by atoms with Crippen LogP contribution >= 0.6 is 0 Å². The Kier molecular flexibility index (Phi) is 15.5. The normalized spacial score (nSPS) is 14.8. The van der Waals surface area contributed by atoms with E-state index in [9.17, 15) is 14.4 Å². The van der Waals surface area contributed by atoms with Gasteiger partial charge >= 0.3 is 0 Å².